The van der Waals surface area contributed by atoms with Crippen LogP contribution >= 0.6 is 0 Å². The van der Waals surface area contributed by atoms with Gasteiger partial charge in [-0.3, -0.25) is 4.79 Å². The van der Waals surface area contributed by atoms with Gasteiger partial charge in [-0.05, 0) is 17.5 Å². The molecule has 1 heterocycles. The first-order chi connectivity index (χ1) is 11.8. The van der Waals surface area contributed by atoms with Crippen LogP contribution in [-0.4, -0.2) is 30.1 Å². The van der Waals surface area contributed by atoms with Crippen molar-refractivity contribution in [1.82, 2.24) is 10.2 Å². The number of likely N-dealkylation sites (tertiary alicyclic amines) is 1. The zero-order chi connectivity index (χ0) is 16.8. The van der Waals surface area contributed by atoms with Crippen molar-refractivity contribution in [3.63, 3.8) is 0 Å². The van der Waals surface area contributed by atoms with Crippen LogP contribution in [0.3, 0.4) is 0 Å². The number of hydrogen-bond donors (Lipinski definition) is 1. The number of nitrogens with one attached hydrogen (secondary N) is 1. The third kappa shape index (κ3) is 4.01. The predicted octanol–water partition coefficient (Wildman–Crippen LogP) is 3.16. The Morgan fingerprint density at radius 2 is 1.67 bits per heavy atom. The molecule has 2 atom stereocenters. The van der Waals surface area contributed by atoms with Gasteiger partial charge in [0.2, 0.25) is 5.91 Å². The number of amides is 1. The molecule has 0 radical (unpaired) electrons. The molecule has 0 aliphatic carbocycles. The molecule has 1 aliphatic heterocycles. The summed E-state index contributed by atoms with van der Waals surface area (Å²) in [6, 6.07) is 19.4. The van der Waals surface area contributed by atoms with E-state index in [1.54, 1.807) is 0 Å². The molecule has 2 aromatic carbocycles. The lowest BCUT2D eigenvalue weighted by molar-refractivity contribution is -0.132. The van der Waals surface area contributed by atoms with E-state index in [0.29, 0.717) is 26.1 Å². The van der Waals surface area contributed by atoms with E-state index in [0.717, 1.165) is 11.1 Å². The average Bonchev–Trinajstić information content (AvgIpc) is 2.98. The molecule has 1 fully saturated rings. The van der Waals surface area contributed by atoms with Crippen molar-refractivity contribution in [3.8, 4) is 0 Å². The third-order valence-corrected chi connectivity index (χ3v) is 4.62. The highest BCUT2D eigenvalue weighted by molar-refractivity contribution is 5.81. The van der Waals surface area contributed by atoms with Gasteiger partial charge in [0.05, 0.1) is 5.92 Å². The molecule has 4 heteroatoms. The lowest BCUT2D eigenvalue weighted by Crippen LogP contribution is -2.41. The van der Waals surface area contributed by atoms with E-state index in [2.05, 4.69) is 5.32 Å². The summed E-state index contributed by atoms with van der Waals surface area (Å²) in [5, 5.41) is 3.22. The molecule has 3 rings (SSSR count). The second kappa shape index (κ2) is 8.06. The molecule has 24 heavy (non-hydrogen) atoms. The third-order valence-electron chi connectivity index (χ3n) is 4.62. The van der Waals surface area contributed by atoms with Crippen LogP contribution in [0.25, 0.3) is 0 Å². The van der Waals surface area contributed by atoms with E-state index in [4.69, 9.17) is 0 Å². The van der Waals surface area contributed by atoms with Crippen LogP contribution < -0.4 is 5.32 Å². The molecule has 1 N–H and O–H groups in total. The first-order valence-corrected chi connectivity index (χ1v) is 8.44. The quantitative estimate of drug-likeness (QED) is 0.848. The molecule has 2 unspecified atom stereocenters. The maximum Gasteiger partial charge on any atom is 0.227 e. The molecule has 2 aromatic rings. The first-order valence-electron chi connectivity index (χ1n) is 8.44. The number of hydrogen-bond acceptors (Lipinski definition) is 2. The first kappa shape index (κ1) is 16.7. The summed E-state index contributed by atoms with van der Waals surface area (Å²) in [6.45, 7) is 1.36. The minimum Gasteiger partial charge on any atom is -0.338 e. The van der Waals surface area contributed by atoms with Crippen LogP contribution in [0.1, 0.15) is 17.5 Å². The second-order valence-corrected chi connectivity index (χ2v) is 6.27. The van der Waals surface area contributed by atoms with Gasteiger partial charge in [0.15, 0.2) is 0 Å². The summed E-state index contributed by atoms with van der Waals surface area (Å²) in [6.07, 6.45) is 0.710. The largest absolute Gasteiger partial charge is 0.338 e. The highest BCUT2D eigenvalue weighted by Crippen LogP contribution is 2.24. The maximum absolute atomic E-state index is 13.5. The molecule has 3 nitrogen and oxygen atoms in total. The van der Waals surface area contributed by atoms with Gasteiger partial charge in [0, 0.05) is 25.7 Å². The summed E-state index contributed by atoms with van der Waals surface area (Å²) in [4.78, 5) is 14.5. The molecule has 0 aromatic heterocycles. The van der Waals surface area contributed by atoms with Crippen LogP contribution in [0.5, 0.6) is 0 Å². The van der Waals surface area contributed by atoms with Gasteiger partial charge in [0.1, 0.15) is 6.67 Å². The highest BCUT2D eigenvalue weighted by atomic mass is 19.1. The van der Waals surface area contributed by atoms with Gasteiger partial charge in [-0.25, -0.2) is 4.39 Å². The van der Waals surface area contributed by atoms with Gasteiger partial charge in [-0.1, -0.05) is 60.7 Å². The number of nitrogens with zero attached hydrogens (tertiary/aromatic N) is 1. The normalized spacial score (nSPS) is 18.8. The SMILES string of the molecule is O=C1C(C(CF)NCc2ccccc2)CCN1Cc1ccccc1. The van der Waals surface area contributed by atoms with Crippen LogP contribution in [-0.2, 0) is 17.9 Å². The number of halogens is 1. The molecule has 0 bridgehead atoms. The number of benzene rings is 2. The fourth-order valence-electron chi connectivity index (χ4n) is 3.25. The minimum atomic E-state index is -0.525. The Kier molecular flexibility index (Phi) is 5.59. The molecule has 1 amide bonds. The predicted molar refractivity (Wildman–Crippen MR) is 93.0 cm³/mol. The van der Waals surface area contributed by atoms with E-state index in [9.17, 15) is 9.18 Å². The van der Waals surface area contributed by atoms with Crippen molar-refractivity contribution in [2.75, 3.05) is 13.2 Å². The fourth-order valence-corrected chi connectivity index (χ4v) is 3.25. The Balaban J connectivity index is 1.58. The van der Waals surface area contributed by atoms with Crippen molar-refractivity contribution in [2.24, 2.45) is 5.92 Å². The van der Waals surface area contributed by atoms with Crippen LogP contribution in [0.4, 0.5) is 4.39 Å². The number of carbonyl (C=O) groups is 1. The van der Waals surface area contributed by atoms with Gasteiger partial charge < -0.3 is 10.2 Å². The topological polar surface area (TPSA) is 32.3 Å². The van der Waals surface area contributed by atoms with E-state index >= 15 is 0 Å². The van der Waals surface area contributed by atoms with Gasteiger partial charge >= 0.3 is 0 Å². The van der Waals surface area contributed by atoms with Crippen molar-refractivity contribution in [1.29, 1.82) is 0 Å². The molecular formula is C20H23FN2O. The molecule has 0 saturated carbocycles. The average molecular weight is 326 g/mol. The van der Waals surface area contributed by atoms with Gasteiger partial charge in [-0.2, -0.15) is 0 Å². The van der Waals surface area contributed by atoms with Crippen LogP contribution in [0, 0.1) is 5.92 Å². The Hall–Kier alpha value is -2.20. The second-order valence-electron chi connectivity index (χ2n) is 6.27. The Bertz CT molecular complexity index is 647. The smallest absolute Gasteiger partial charge is 0.227 e. The summed E-state index contributed by atoms with van der Waals surface area (Å²) in [7, 11) is 0. The number of alkyl halides is 1. The van der Waals surface area contributed by atoms with E-state index in [-0.39, 0.29) is 11.8 Å². The van der Waals surface area contributed by atoms with Gasteiger partial charge in [0.25, 0.3) is 0 Å². The molecule has 0 spiro atoms. The standard InChI is InChI=1S/C20H23FN2O/c21-13-19(22-14-16-7-3-1-4-8-16)18-11-12-23(20(18)24)15-17-9-5-2-6-10-17/h1-10,18-19,22H,11-15H2. The van der Waals surface area contributed by atoms with Gasteiger partial charge in [-0.15, -0.1) is 0 Å². The summed E-state index contributed by atoms with van der Waals surface area (Å²) in [5.74, 6) is -0.218. The number of carbonyl (C=O) groups excluding carboxylic acids is 1. The Labute approximate surface area is 142 Å². The zero-order valence-corrected chi connectivity index (χ0v) is 13.7. The summed E-state index contributed by atoms with van der Waals surface area (Å²) < 4.78 is 13.5. The minimum absolute atomic E-state index is 0.0575. The highest BCUT2D eigenvalue weighted by Gasteiger charge is 2.37. The molecule has 1 aliphatic rings. The fraction of sp³-hybridized carbons (Fsp3) is 0.350. The monoisotopic (exact) mass is 326 g/mol. The van der Waals surface area contributed by atoms with Crippen molar-refractivity contribution in [2.45, 2.75) is 25.6 Å². The van der Waals surface area contributed by atoms with E-state index in [1.165, 1.54) is 0 Å². The lowest BCUT2D eigenvalue weighted by Gasteiger charge is -2.22. The Morgan fingerprint density at radius 1 is 1.04 bits per heavy atom. The number of rotatable bonds is 7. The van der Waals surface area contributed by atoms with Crippen molar-refractivity contribution < 1.29 is 9.18 Å². The Morgan fingerprint density at radius 3 is 2.29 bits per heavy atom. The summed E-state index contributed by atoms with van der Waals surface area (Å²) in [5.41, 5.74) is 2.21. The summed E-state index contributed by atoms with van der Waals surface area (Å²) >= 11 is 0. The van der Waals surface area contributed by atoms with Crippen LogP contribution in [0.2, 0.25) is 0 Å². The van der Waals surface area contributed by atoms with E-state index in [1.807, 2.05) is 65.6 Å². The maximum atomic E-state index is 13.5. The van der Waals surface area contributed by atoms with Crippen molar-refractivity contribution >= 4 is 5.91 Å². The van der Waals surface area contributed by atoms with Crippen molar-refractivity contribution in [3.05, 3.63) is 71.8 Å². The molecule has 1 saturated heterocycles. The van der Waals surface area contributed by atoms with Crippen LogP contribution in [0.15, 0.2) is 60.7 Å². The molecular weight excluding hydrogens is 303 g/mol. The van der Waals surface area contributed by atoms with E-state index < -0.39 is 12.7 Å². The molecule has 126 valence electrons. The zero-order valence-electron chi connectivity index (χ0n) is 13.7. The lowest BCUT2D eigenvalue weighted by atomic mass is 9.99.